The number of sulfonamides is 1. The number of benzene rings is 2. The van der Waals surface area contributed by atoms with Crippen LogP contribution >= 0.6 is 0 Å². The molecule has 32 heavy (non-hydrogen) atoms. The summed E-state index contributed by atoms with van der Waals surface area (Å²) in [5.41, 5.74) is 1.52. The maximum atomic E-state index is 12.9. The van der Waals surface area contributed by atoms with Crippen LogP contribution in [0.15, 0.2) is 65.2 Å². The first kappa shape index (κ1) is 24.1. The van der Waals surface area contributed by atoms with Crippen LogP contribution in [0.25, 0.3) is 0 Å². The van der Waals surface area contributed by atoms with Gasteiger partial charge in [-0.2, -0.15) is 30.6 Å². The van der Waals surface area contributed by atoms with Crippen LogP contribution in [0.4, 0.5) is 26.3 Å². The van der Waals surface area contributed by atoms with Gasteiger partial charge in [-0.25, -0.2) is 8.42 Å². The maximum absolute atomic E-state index is 12.9. The first-order valence-electron chi connectivity index (χ1n) is 9.28. The van der Waals surface area contributed by atoms with Gasteiger partial charge in [-0.15, -0.1) is 0 Å². The highest BCUT2D eigenvalue weighted by molar-refractivity contribution is 7.89. The van der Waals surface area contributed by atoms with Crippen molar-refractivity contribution in [3.63, 3.8) is 0 Å². The molecule has 1 N–H and O–H groups in total. The van der Waals surface area contributed by atoms with E-state index < -0.39 is 38.4 Å². The Kier molecular flexibility index (Phi) is 6.86. The van der Waals surface area contributed by atoms with Crippen LogP contribution < -0.4 is 5.48 Å². The fourth-order valence-corrected chi connectivity index (χ4v) is 4.42. The molecule has 0 atom stereocenters. The minimum absolute atomic E-state index is 0.00959. The summed E-state index contributed by atoms with van der Waals surface area (Å²) in [5.74, 6) is 0. The molecule has 12 heteroatoms. The van der Waals surface area contributed by atoms with Crippen LogP contribution in [0.2, 0.25) is 0 Å². The van der Waals surface area contributed by atoms with Crippen LogP contribution in [0, 0.1) is 0 Å². The standard InChI is InChI=1S/C20H18F6N2O3S/c21-19(22,23)15-4-1-3-14(11-15)13-31-27-17-7-9-28(10-8-17)32(29,30)18-6-2-5-16(12-18)20(24,25)26/h1-7,11-12,27H,8-10,13H2. The van der Waals surface area contributed by atoms with Crippen molar-refractivity contribution in [2.24, 2.45) is 0 Å². The minimum Gasteiger partial charge on any atom is -0.272 e. The van der Waals surface area contributed by atoms with Gasteiger partial charge in [0.1, 0.15) is 0 Å². The van der Waals surface area contributed by atoms with E-state index in [-0.39, 0.29) is 31.7 Å². The maximum Gasteiger partial charge on any atom is 0.416 e. The molecule has 2 aromatic rings. The average molecular weight is 480 g/mol. The predicted octanol–water partition coefficient (Wildman–Crippen LogP) is 4.72. The fourth-order valence-electron chi connectivity index (χ4n) is 2.99. The number of hydrogen-bond acceptors (Lipinski definition) is 4. The second-order valence-corrected chi connectivity index (χ2v) is 8.89. The molecule has 0 fully saturated rings. The third kappa shape index (κ3) is 5.81. The van der Waals surface area contributed by atoms with E-state index in [1.807, 2.05) is 0 Å². The molecule has 0 saturated carbocycles. The lowest BCUT2D eigenvalue weighted by molar-refractivity contribution is -0.138. The van der Waals surface area contributed by atoms with Crippen molar-refractivity contribution >= 4 is 10.0 Å². The van der Waals surface area contributed by atoms with E-state index in [1.54, 1.807) is 0 Å². The normalized spacial score (nSPS) is 16.0. The van der Waals surface area contributed by atoms with E-state index in [0.717, 1.165) is 34.6 Å². The zero-order valence-electron chi connectivity index (χ0n) is 16.4. The second kappa shape index (κ2) is 9.12. The number of nitrogens with one attached hydrogen (secondary N) is 1. The van der Waals surface area contributed by atoms with E-state index in [2.05, 4.69) is 5.48 Å². The van der Waals surface area contributed by atoms with Crippen LogP contribution in [0.5, 0.6) is 0 Å². The lowest BCUT2D eigenvalue weighted by atomic mass is 10.1. The van der Waals surface area contributed by atoms with Gasteiger partial charge in [0.2, 0.25) is 10.0 Å². The molecule has 0 spiro atoms. The summed E-state index contributed by atoms with van der Waals surface area (Å²) < 4.78 is 103. The highest BCUT2D eigenvalue weighted by Crippen LogP contribution is 2.32. The van der Waals surface area contributed by atoms with Crippen molar-refractivity contribution in [3.05, 3.63) is 77.0 Å². The van der Waals surface area contributed by atoms with Gasteiger partial charge in [0.15, 0.2) is 0 Å². The van der Waals surface area contributed by atoms with Crippen LogP contribution in [-0.4, -0.2) is 25.8 Å². The van der Waals surface area contributed by atoms with Gasteiger partial charge in [-0.1, -0.05) is 18.2 Å². The van der Waals surface area contributed by atoms with E-state index in [9.17, 15) is 34.8 Å². The molecule has 0 saturated heterocycles. The molecule has 0 unspecified atom stereocenters. The first-order chi connectivity index (χ1) is 14.9. The quantitative estimate of drug-likeness (QED) is 0.480. The van der Waals surface area contributed by atoms with Gasteiger partial charge in [-0.05, 0) is 42.0 Å². The highest BCUT2D eigenvalue weighted by Gasteiger charge is 2.33. The summed E-state index contributed by atoms with van der Waals surface area (Å²) in [6.07, 6.45) is -7.47. The Labute approximate surface area is 180 Å². The molecule has 174 valence electrons. The Bertz CT molecular complexity index is 1100. The van der Waals surface area contributed by atoms with Gasteiger partial charge in [-0.3, -0.25) is 10.3 Å². The molecular weight excluding hydrogens is 462 g/mol. The molecule has 0 amide bonds. The molecule has 3 rings (SSSR count). The summed E-state index contributed by atoms with van der Waals surface area (Å²) in [6, 6.07) is 8.14. The van der Waals surface area contributed by atoms with Gasteiger partial charge in [0, 0.05) is 25.2 Å². The van der Waals surface area contributed by atoms with Gasteiger partial charge in [0.25, 0.3) is 0 Å². The Morgan fingerprint density at radius 2 is 1.56 bits per heavy atom. The van der Waals surface area contributed by atoms with Crippen LogP contribution in [0.3, 0.4) is 0 Å². The van der Waals surface area contributed by atoms with Crippen LogP contribution in [0.1, 0.15) is 23.1 Å². The summed E-state index contributed by atoms with van der Waals surface area (Å²) in [6.45, 7) is -0.272. The zero-order valence-corrected chi connectivity index (χ0v) is 17.2. The fraction of sp³-hybridized carbons (Fsp3) is 0.300. The molecule has 5 nitrogen and oxygen atoms in total. The minimum atomic E-state index is -4.67. The largest absolute Gasteiger partial charge is 0.416 e. The zero-order chi connectivity index (χ0) is 23.6. The lowest BCUT2D eigenvalue weighted by Gasteiger charge is -2.26. The third-order valence-corrected chi connectivity index (χ3v) is 6.53. The molecule has 1 heterocycles. The van der Waals surface area contributed by atoms with E-state index in [4.69, 9.17) is 4.84 Å². The average Bonchev–Trinajstić information content (AvgIpc) is 2.73. The van der Waals surface area contributed by atoms with Gasteiger partial charge in [0.05, 0.1) is 22.6 Å². The van der Waals surface area contributed by atoms with Crippen molar-refractivity contribution in [1.29, 1.82) is 0 Å². The molecular formula is C20H18F6N2O3S. The Hall–Kier alpha value is -2.57. The Morgan fingerprint density at radius 1 is 0.938 bits per heavy atom. The van der Waals surface area contributed by atoms with Gasteiger partial charge < -0.3 is 0 Å². The second-order valence-electron chi connectivity index (χ2n) is 6.96. The van der Waals surface area contributed by atoms with E-state index >= 15 is 0 Å². The number of rotatable bonds is 6. The van der Waals surface area contributed by atoms with Crippen LogP contribution in [-0.2, 0) is 33.8 Å². The summed E-state index contributed by atoms with van der Waals surface area (Å²) in [7, 11) is -4.14. The molecule has 0 aliphatic carbocycles. The van der Waals surface area contributed by atoms with Gasteiger partial charge >= 0.3 is 12.4 Å². The molecule has 0 radical (unpaired) electrons. The third-order valence-electron chi connectivity index (χ3n) is 4.67. The van der Waals surface area contributed by atoms with E-state index in [1.165, 1.54) is 18.2 Å². The highest BCUT2D eigenvalue weighted by atomic mass is 32.2. The monoisotopic (exact) mass is 480 g/mol. The molecule has 2 aromatic carbocycles. The summed E-state index contributed by atoms with van der Waals surface area (Å²) in [5, 5.41) is 0. The van der Waals surface area contributed by atoms with E-state index in [0.29, 0.717) is 11.8 Å². The number of alkyl halides is 6. The SMILES string of the molecule is O=S(=O)(c1cccc(C(F)(F)F)c1)N1CC=C(NOCc2cccc(C(F)(F)F)c2)CC1. The molecule has 1 aliphatic heterocycles. The van der Waals surface area contributed by atoms with Crippen molar-refractivity contribution in [2.45, 2.75) is 30.3 Å². The summed E-state index contributed by atoms with van der Waals surface area (Å²) in [4.78, 5) is 4.75. The lowest BCUT2D eigenvalue weighted by Crippen LogP contribution is -2.36. The predicted molar refractivity (Wildman–Crippen MR) is 102 cm³/mol. The smallest absolute Gasteiger partial charge is 0.272 e. The molecule has 0 aromatic heterocycles. The van der Waals surface area contributed by atoms with Crippen molar-refractivity contribution in [1.82, 2.24) is 9.79 Å². The number of nitrogens with zero attached hydrogens (tertiary/aromatic N) is 1. The molecule has 1 aliphatic rings. The van der Waals surface area contributed by atoms with Crippen molar-refractivity contribution in [2.75, 3.05) is 13.1 Å². The number of hydroxylamine groups is 1. The number of halogens is 6. The Morgan fingerprint density at radius 3 is 2.16 bits per heavy atom. The summed E-state index contributed by atoms with van der Waals surface area (Å²) >= 11 is 0. The Balaban J connectivity index is 1.59. The number of hydrogen-bond donors (Lipinski definition) is 1. The first-order valence-corrected chi connectivity index (χ1v) is 10.7. The molecule has 0 bridgehead atoms. The van der Waals surface area contributed by atoms with Crippen molar-refractivity contribution in [3.8, 4) is 0 Å². The van der Waals surface area contributed by atoms with Crippen molar-refractivity contribution < 1.29 is 39.6 Å². The topological polar surface area (TPSA) is 58.6 Å².